The summed E-state index contributed by atoms with van der Waals surface area (Å²) in [4.78, 5) is 11.2. The minimum Gasteiger partial charge on any atom is -0.357 e. The van der Waals surface area contributed by atoms with Crippen LogP contribution in [0.25, 0.3) is 0 Å². The van der Waals surface area contributed by atoms with Crippen LogP contribution >= 0.6 is 0 Å². The van der Waals surface area contributed by atoms with Crippen LogP contribution in [0, 0.1) is 0 Å². The van der Waals surface area contributed by atoms with E-state index < -0.39 is 0 Å². The van der Waals surface area contributed by atoms with Crippen molar-refractivity contribution in [1.82, 2.24) is 9.88 Å². The fraction of sp³-hybridized carbons (Fsp3) is 0.300. The van der Waals surface area contributed by atoms with Crippen molar-refractivity contribution in [1.29, 1.82) is 0 Å². The van der Waals surface area contributed by atoms with Crippen molar-refractivity contribution in [3.63, 3.8) is 0 Å². The Balaban J connectivity index is 2.40. The largest absolute Gasteiger partial charge is 0.357 e. The Kier molecular flexibility index (Phi) is 3.31. The van der Waals surface area contributed by atoms with E-state index >= 15 is 0 Å². The normalized spacial score (nSPS) is 9.62. The zero-order valence-electron chi connectivity index (χ0n) is 7.79. The van der Waals surface area contributed by atoms with Gasteiger partial charge in [0, 0.05) is 26.0 Å². The molecule has 1 aromatic heterocycles. The van der Waals surface area contributed by atoms with Gasteiger partial charge in [0.25, 0.3) is 0 Å². The average Bonchev–Trinajstić information content (AvgIpc) is 2.48. The molecule has 0 aliphatic rings. The maximum Gasteiger partial charge on any atom is 0.224 e. The minimum atomic E-state index is 0.0334. The molecule has 0 fully saturated rings. The molecule has 0 spiro atoms. The van der Waals surface area contributed by atoms with Gasteiger partial charge in [-0.1, -0.05) is 6.08 Å². The van der Waals surface area contributed by atoms with Crippen LogP contribution in [0.15, 0.2) is 31.1 Å². The summed E-state index contributed by atoms with van der Waals surface area (Å²) in [6, 6.07) is 1.94. The van der Waals surface area contributed by atoms with Crippen molar-refractivity contribution in [3.8, 4) is 0 Å². The highest BCUT2D eigenvalue weighted by Gasteiger charge is 2.01. The molecule has 0 bridgehead atoms. The molecular weight excluding hydrogens is 164 g/mol. The molecule has 1 rings (SSSR count). The zero-order chi connectivity index (χ0) is 9.68. The van der Waals surface area contributed by atoms with Gasteiger partial charge in [-0.25, -0.2) is 0 Å². The summed E-state index contributed by atoms with van der Waals surface area (Å²) in [6.45, 7) is 4.06. The SMILES string of the molecule is C=CCNC(=O)Cc1ccn(C)c1. The standard InChI is InChI=1S/C10H14N2O/c1-3-5-11-10(13)7-9-4-6-12(2)8-9/h3-4,6,8H,1,5,7H2,2H3,(H,11,13). The Bertz CT molecular complexity index is 302. The molecule has 1 aromatic rings. The second kappa shape index (κ2) is 4.50. The predicted molar refractivity (Wildman–Crippen MR) is 52.3 cm³/mol. The first-order chi connectivity index (χ1) is 6.22. The number of amides is 1. The number of rotatable bonds is 4. The molecule has 0 aromatic carbocycles. The quantitative estimate of drug-likeness (QED) is 0.682. The minimum absolute atomic E-state index is 0.0334. The summed E-state index contributed by atoms with van der Waals surface area (Å²) < 4.78 is 1.93. The van der Waals surface area contributed by atoms with E-state index in [9.17, 15) is 4.79 Å². The van der Waals surface area contributed by atoms with Crippen molar-refractivity contribution in [2.45, 2.75) is 6.42 Å². The fourth-order valence-corrected chi connectivity index (χ4v) is 1.10. The molecule has 0 aliphatic carbocycles. The second-order valence-corrected chi connectivity index (χ2v) is 2.95. The van der Waals surface area contributed by atoms with Crippen molar-refractivity contribution in [2.24, 2.45) is 7.05 Å². The van der Waals surface area contributed by atoms with E-state index in [0.29, 0.717) is 13.0 Å². The van der Waals surface area contributed by atoms with Gasteiger partial charge in [0.2, 0.25) is 5.91 Å². The highest BCUT2D eigenvalue weighted by Crippen LogP contribution is 1.99. The molecule has 3 nitrogen and oxygen atoms in total. The Morgan fingerprint density at radius 2 is 2.54 bits per heavy atom. The molecule has 0 saturated heterocycles. The number of hydrogen-bond acceptors (Lipinski definition) is 1. The van der Waals surface area contributed by atoms with Crippen molar-refractivity contribution >= 4 is 5.91 Å². The number of carbonyl (C=O) groups excluding carboxylic acids is 1. The first kappa shape index (κ1) is 9.58. The lowest BCUT2D eigenvalue weighted by Gasteiger charge is -1.99. The van der Waals surface area contributed by atoms with E-state index in [1.165, 1.54) is 0 Å². The summed E-state index contributed by atoms with van der Waals surface area (Å²) in [6.07, 6.45) is 5.97. The molecule has 0 saturated carbocycles. The molecule has 1 N–H and O–H groups in total. The van der Waals surface area contributed by atoms with E-state index in [1.807, 2.05) is 30.1 Å². The van der Waals surface area contributed by atoms with Gasteiger partial charge < -0.3 is 9.88 Å². The van der Waals surface area contributed by atoms with Crippen LogP contribution in [0.5, 0.6) is 0 Å². The van der Waals surface area contributed by atoms with Crippen molar-refractivity contribution in [3.05, 3.63) is 36.7 Å². The third-order valence-electron chi connectivity index (χ3n) is 1.70. The Morgan fingerprint density at radius 3 is 3.08 bits per heavy atom. The lowest BCUT2D eigenvalue weighted by Crippen LogP contribution is -2.24. The second-order valence-electron chi connectivity index (χ2n) is 2.95. The van der Waals surface area contributed by atoms with Gasteiger partial charge in [-0.3, -0.25) is 4.79 Å². The van der Waals surface area contributed by atoms with E-state index in [-0.39, 0.29) is 5.91 Å². The average molecular weight is 178 g/mol. The zero-order valence-corrected chi connectivity index (χ0v) is 7.79. The highest BCUT2D eigenvalue weighted by molar-refractivity contribution is 5.78. The van der Waals surface area contributed by atoms with E-state index in [1.54, 1.807) is 6.08 Å². The molecule has 3 heteroatoms. The smallest absolute Gasteiger partial charge is 0.224 e. The third-order valence-corrected chi connectivity index (χ3v) is 1.70. The Labute approximate surface area is 78.1 Å². The fourth-order valence-electron chi connectivity index (χ4n) is 1.10. The summed E-state index contributed by atoms with van der Waals surface area (Å²) in [5.74, 6) is 0.0334. The molecular formula is C10H14N2O. The maximum absolute atomic E-state index is 11.2. The van der Waals surface area contributed by atoms with Crippen LogP contribution in [0.3, 0.4) is 0 Å². The molecule has 0 atom stereocenters. The van der Waals surface area contributed by atoms with Crippen molar-refractivity contribution in [2.75, 3.05) is 6.54 Å². The van der Waals surface area contributed by atoms with Crippen LogP contribution < -0.4 is 5.32 Å². The number of nitrogens with zero attached hydrogens (tertiary/aromatic N) is 1. The van der Waals surface area contributed by atoms with Crippen LogP contribution in [0.1, 0.15) is 5.56 Å². The monoisotopic (exact) mass is 178 g/mol. The lowest BCUT2D eigenvalue weighted by molar-refractivity contribution is -0.120. The van der Waals surface area contributed by atoms with Crippen LogP contribution in [0.4, 0.5) is 0 Å². The number of nitrogens with one attached hydrogen (secondary N) is 1. The van der Waals surface area contributed by atoms with Crippen LogP contribution in [-0.2, 0) is 18.3 Å². The maximum atomic E-state index is 11.2. The summed E-state index contributed by atoms with van der Waals surface area (Å²) >= 11 is 0. The number of aromatic nitrogens is 1. The molecule has 0 radical (unpaired) electrons. The van der Waals surface area contributed by atoms with Crippen molar-refractivity contribution < 1.29 is 4.79 Å². The molecule has 0 aliphatic heterocycles. The van der Waals surface area contributed by atoms with Gasteiger partial charge in [-0.05, 0) is 11.6 Å². The van der Waals surface area contributed by atoms with Crippen LogP contribution in [-0.4, -0.2) is 17.0 Å². The van der Waals surface area contributed by atoms with Gasteiger partial charge in [-0.15, -0.1) is 6.58 Å². The third kappa shape index (κ3) is 3.15. The number of aryl methyl sites for hydroxylation is 1. The van der Waals surface area contributed by atoms with Gasteiger partial charge in [-0.2, -0.15) is 0 Å². The summed E-state index contributed by atoms with van der Waals surface area (Å²) in [5, 5.41) is 2.72. The molecule has 1 amide bonds. The van der Waals surface area contributed by atoms with Crippen LogP contribution in [0.2, 0.25) is 0 Å². The molecule has 13 heavy (non-hydrogen) atoms. The Morgan fingerprint density at radius 1 is 1.77 bits per heavy atom. The first-order valence-corrected chi connectivity index (χ1v) is 4.21. The topological polar surface area (TPSA) is 34.0 Å². The lowest BCUT2D eigenvalue weighted by atomic mass is 10.2. The van der Waals surface area contributed by atoms with Gasteiger partial charge in [0.15, 0.2) is 0 Å². The molecule has 0 unspecified atom stereocenters. The number of carbonyl (C=O) groups is 1. The number of hydrogen-bond donors (Lipinski definition) is 1. The van der Waals surface area contributed by atoms with E-state index in [0.717, 1.165) is 5.56 Å². The van der Waals surface area contributed by atoms with E-state index in [2.05, 4.69) is 11.9 Å². The molecule has 1 heterocycles. The van der Waals surface area contributed by atoms with Gasteiger partial charge >= 0.3 is 0 Å². The summed E-state index contributed by atoms with van der Waals surface area (Å²) in [5.41, 5.74) is 1.03. The van der Waals surface area contributed by atoms with Gasteiger partial charge in [0.1, 0.15) is 0 Å². The Hall–Kier alpha value is -1.51. The molecule has 70 valence electrons. The summed E-state index contributed by atoms with van der Waals surface area (Å²) in [7, 11) is 1.94. The van der Waals surface area contributed by atoms with Gasteiger partial charge in [0.05, 0.1) is 6.42 Å². The van der Waals surface area contributed by atoms with E-state index in [4.69, 9.17) is 0 Å². The highest BCUT2D eigenvalue weighted by atomic mass is 16.1. The first-order valence-electron chi connectivity index (χ1n) is 4.21. The predicted octanol–water partition coefficient (Wildman–Crippen LogP) is 0.870.